The Kier molecular flexibility index (Phi) is 5.24. The molecule has 5 rings (SSSR count). The van der Waals surface area contributed by atoms with Crippen LogP contribution in [0.2, 0.25) is 0 Å². The van der Waals surface area contributed by atoms with Gasteiger partial charge in [0, 0.05) is 5.39 Å². The van der Waals surface area contributed by atoms with Crippen LogP contribution in [-0.2, 0) is 6.16 Å². The van der Waals surface area contributed by atoms with Gasteiger partial charge in [0.25, 0.3) is 5.56 Å². The summed E-state index contributed by atoms with van der Waals surface area (Å²) in [6.45, 7) is 0. The van der Waals surface area contributed by atoms with Gasteiger partial charge in [0.05, 0.1) is 5.69 Å². The SMILES string of the molecule is O=c1[nH]c(C[P+](c2ccccc2)(c2ccccc2)c2ccccc2)cc2ccccc12. The molecule has 3 heteroatoms. The first kappa shape index (κ1) is 19.5. The molecule has 0 fully saturated rings. The van der Waals surface area contributed by atoms with Gasteiger partial charge in [0.15, 0.2) is 0 Å². The summed E-state index contributed by atoms with van der Waals surface area (Å²) in [7, 11) is -2.04. The van der Waals surface area contributed by atoms with E-state index in [-0.39, 0.29) is 5.56 Å². The second-order valence-electron chi connectivity index (χ2n) is 7.69. The fourth-order valence-electron chi connectivity index (χ4n) is 4.38. The van der Waals surface area contributed by atoms with Crippen LogP contribution in [0.25, 0.3) is 10.8 Å². The van der Waals surface area contributed by atoms with Crippen LogP contribution in [0.1, 0.15) is 5.69 Å². The van der Waals surface area contributed by atoms with Crippen LogP contribution in [-0.4, -0.2) is 4.98 Å². The Morgan fingerprint density at radius 2 is 1.03 bits per heavy atom. The number of nitrogens with one attached hydrogen (secondary N) is 1. The minimum atomic E-state index is -2.04. The van der Waals surface area contributed by atoms with Crippen molar-refractivity contribution in [2.45, 2.75) is 6.16 Å². The van der Waals surface area contributed by atoms with Gasteiger partial charge >= 0.3 is 0 Å². The van der Waals surface area contributed by atoms with E-state index in [9.17, 15) is 4.79 Å². The van der Waals surface area contributed by atoms with E-state index in [4.69, 9.17) is 0 Å². The van der Waals surface area contributed by atoms with E-state index in [0.29, 0.717) is 0 Å². The van der Waals surface area contributed by atoms with Crippen molar-refractivity contribution >= 4 is 33.9 Å². The number of hydrogen-bond donors (Lipinski definition) is 1. The maximum Gasteiger partial charge on any atom is 0.256 e. The highest BCUT2D eigenvalue weighted by atomic mass is 31.2. The summed E-state index contributed by atoms with van der Waals surface area (Å²) in [6, 6.07) is 42.2. The van der Waals surface area contributed by atoms with Gasteiger partial charge in [-0.2, -0.15) is 0 Å². The molecule has 0 saturated carbocycles. The highest BCUT2D eigenvalue weighted by Crippen LogP contribution is 2.57. The van der Waals surface area contributed by atoms with Crippen molar-refractivity contribution in [2.75, 3.05) is 0 Å². The van der Waals surface area contributed by atoms with Crippen LogP contribution in [0.5, 0.6) is 0 Å². The molecule has 4 aromatic carbocycles. The zero-order valence-electron chi connectivity index (χ0n) is 17.1. The normalized spacial score (nSPS) is 11.5. The molecule has 0 saturated heterocycles. The number of H-pyrrole nitrogens is 1. The van der Waals surface area contributed by atoms with Crippen molar-refractivity contribution in [3.63, 3.8) is 0 Å². The van der Waals surface area contributed by atoms with Gasteiger partial charge in [-0.3, -0.25) is 4.79 Å². The number of hydrogen-bond acceptors (Lipinski definition) is 1. The molecule has 2 nitrogen and oxygen atoms in total. The number of aromatic nitrogens is 1. The smallest absolute Gasteiger partial charge is 0.256 e. The highest BCUT2D eigenvalue weighted by Gasteiger charge is 2.45. The van der Waals surface area contributed by atoms with Crippen molar-refractivity contribution in [3.05, 3.63) is 137 Å². The van der Waals surface area contributed by atoms with E-state index in [1.807, 2.05) is 24.3 Å². The van der Waals surface area contributed by atoms with E-state index in [1.165, 1.54) is 15.9 Å². The van der Waals surface area contributed by atoms with E-state index in [1.54, 1.807) is 0 Å². The van der Waals surface area contributed by atoms with Crippen LogP contribution in [0, 0.1) is 0 Å². The van der Waals surface area contributed by atoms with Crippen molar-refractivity contribution < 1.29 is 0 Å². The number of rotatable bonds is 5. The third-order valence-corrected chi connectivity index (χ3v) is 10.2. The first-order valence-corrected chi connectivity index (χ1v) is 12.4. The topological polar surface area (TPSA) is 32.9 Å². The first-order chi connectivity index (χ1) is 15.3. The Morgan fingerprint density at radius 1 is 0.581 bits per heavy atom. The van der Waals surface area contributed by atoms with Crippen LogP contribution in [0.15, 0.2) is 126 Å². The van der Waals surface area contributed by atoms with Gasteiger partial charge in [-0.25, -0.2) is 0 Å². The minimum Gasteiger partial charge on any atom is -0.322 e. The summed E-state index contributed by atoms with van der Waals surface area (Å²) in [6.07, 6.45) is 0.755. The van der Waals surface area contributed by atoms with Crippen molar-refractivity contribution in [2.24, 2.45) is 0 Å². The monoisotopic (exact) mass is 420 g/mol. The van der Waals surface area contributed by atoms with Crippen LogP contribution >= 0.6 is 7.26 Å². The molecule has 0 spiro atoms. The number of fused-ring (bicyclic) bond motifs is 1. The summed E-state index contributed by atoms with van der Waals surface area (Å²) in [5, 5.41) is 5.63. The molecule has 1 aromatic heterocycles. The second-order valence-corrected chi connectivity index (χ2v) is 11.2. The molecular weight excluding hydrogens is 397 g/mol. The average molecular weight is 420 g/mol. The molecule has 0 radical (unpaired) electrons. The summed E-state index contributed by atoms with van der Waals surface area (Å²) >= 11 is 0. The Bertz CT molecular complexity index is 1270. The first-order valence-electron chi connectivity index (χ1n) is 10.4. The summed E-state index contributed by atoms with van der Waals surface area (Å²) < 4.78 is 0. The molecule has 0 unspecified atom stereocenters. The Hall–Kier alpha value is -3.48. The lowest BCUT2D eigenvalue weighted by Crippen LogP contribution is -2.33. The van der Waals surface area contributed by atoms with Gasteiger partial charge in [-0.1, -0.05) is 72.8 Å². The third kappa shape index (κ3) is 3.60. The second kappa shape index (κ2) is 8.34. The molecule has 0 aliphatic carbocycles. The minimum absolute atomic E-state index is 0.0274. The van der Waals surface area contributed by atoms with Crippen molar-refractivity contribution in [3.8, 4) is 0 Å². The molecule has 1 N–H and O–H groups in total. The lowest BCUT2D eigenvalue weighted by molar-refractivity contribution is 1.14. The van der Waals surface area contributed by atoms with Crippen LogP contribution in [0.3, 0.4) is 0 Å². The average Bonchev–Trinajstić information content (AvgIpc) is 2.84. The van der Waals surface area contributed by atoms with Crippen LogP contribution < -0.4 is 21.5 Å². The number of benzene rings is 4. The molecule has 0 atom stereocenters. The predicted octanol–water partition coefficient (Wildman–Crippen LogP) is 5.02. The number of aromatic amines is 1. The maximum absolute atomic E-state index is 12.9. The largest absolute Gasteiger partial charge is 0.322 e. The fraction of sp³-hybridized carbons (Fsp3) is 0.0357. The molecule has 31 heavy (non-hydrogen) atoms. The van der Waals surface area contributed by atoms with E-state index in [0.717, 1.165) is 22.6 Å². The van der Waals surface area contributed by atoms with Gasteiger partial charge in [0.1, 0.15) is 29.3 Å². The highest BCUT2D eigenvalue weighted by molar-refractivity contribution is 7.95. The Balaban J connectivity index is 1.79. The van der Waals surface area contributed by atoms with E-state index in [2.05, 4.69) is 102 Å². The summed E-state index contributed by atoms with van der Waals surface area (Å²) in [4.78, 5) is 16.0. The zero-order valence-corrected chi connectivity index (χ0v) is 18.0. The van der Waals surface area contributed by atoms with Gasteiger partial charge in [-0.05, 0) is 53.9 Å². The molecule has 1 heterocycles. The maximum atomic E-state index is 12.9. The quantitative estimate of drug-likeness (QED) is 0.398. The molecule has 0 aliphatic rings. The summed E-state index contributed by atoms with van der Waals surface area (Å²) in [5.41, 5.74) is 0.939. The predicted molar refractivity (Wildman–Crippen MR) is 133 cm³/mol. The Labute approximate surface area is 182 Å². The lowest BCUT2D eigenvalue weighted by atomic mass is 10.1. The van der Waals surface area contributed by atoms with Gasteiger partial charge in [-0.15, -0.1) is 0 Å². The van der Waals surface area contributed by atoms with Crippen LogP contribution in [0.4, 0.5) is 0 Å². The molecular formula is C28H23NOP+. The standard InChI is InChI=1S/C28H22NOP/c30-28-27-19-11-10-12-22(27)20-23(29-28)21-31(24-13-4-1-5-14-24,25-15-6-2-7-16-25)26-17-8-3-9-18-26/h1-20H,21H2/p+1. The Morgan fingerprint density at radius 3 is 1.55 bits per heavy atom. The molecule has 0 aliphatic heterocycles. The van der Waals surface area contributed by atoms with E-state index >= 15 is 0 Å². The van der Waals surface area contributed by atoms with Crippen molar-refractivity contribution in [1.82, 2.24) is 4.98 Å². The fourth-order valence-corrected chi connectivity index (χ4v) is 8.54. The number of pyridine rings is 1. The van der Waals surface area contributed by atoms with Crippen molar-refractivity contribution in [1.29, 1.82) is 0 Å². The molecule has 0 amide bonds. The zero-order chi connectivity index (χ0) is 21.1. The van der Waals surface area contributed by atoms with Gasteiger partial charge in [0.2, 0.25) is 0 Å². The van der Waals surface area contributed by atoms with Gasteiger partial charge < -0.3 is 4.98 Å². The molecule has 5 aromatic rings. The molecule has 150 valence electrons. The lowest BCUT2D eigenvalue weighted by Gasteiger charge is -2.27. The summed E-state index contributed by atoms with van der Waals surface area (Å²) in [5.74, 6) is 0. The molecule has 0 bridgehead atoms. The third-order valence-electron chi connectivity index (χ3n) is 5.81. The van der Waals surface area contributed by atoms with E-state index < -0.39 is 7.26 Å².